The second-order valence-electron chi connectivity index (χ2n) is 8.98. The van der Waals surface area contributed by atoms with Crippen molar-refractivity contribution in [3.05, 3.63) is 83.6 Å². The summed E-state index contributed by atoms with van der Waals surface area (Å²) in [6.07, 6.45) is -2.71. The summed E-state index contributed by atoms with van der Waals surface area (Å²) in [4.78, 5) is 26.9. The van der Waals surface area contributed by atoms with Gasteiger partial charge in [0.2, 0.25) is 0 Å². The lowest BCUT2D eigenvalue weighted by atomic mass is 9.97. The van der Waals surface area contributed by atoms with Crippen LogP contribution in [0.3, 0.4) is 0 Å². The smallest absolute Gasteiger partial charge is 0.417 e. The van der Waals surface area contributed by atoms with Crippen molar-refractivity contribution in [3.8, 4) is 17.0 Å². The molecule has 0 saturated heterocycles. The molecule has 0 aliphatic heterocycles. The Morgan fingerprint density at radius 3 is 2.14 bits per heavy atom. The third kappa shape index (κ3) is 7.66. The molecule has 1 atom stereocenters. The molecule has 2 aromatic carbocycles. The Kier molecular flexibility index (Phi) is 8.85. The van der Waals surface area contributed by atoms with E-state index in [1.165, 1.54) is 6.07 Å². The van der Waals surface area contributed by atoms with E-state index in [9.17, 15) is 22.8 Å². The van der Waals surface area contributed by atoms with Gasteiger partial charge in [0.1, 0.15) is 11.9 Å². The molecule has 1 heterocycles. The van der Waals surface area contributed by atoms with Crippen molar-refractivity contribution in [3.63, 3.8) is 0 Å². The van der Waals surface area contributed by atoms with Gasteiger partial charge in [-0.3, -0.25) is 14.6 Å². The van der Waals surface area contributed by atoms with Gasteiger partial charge in [0.25, 0.3) is 0 Å². The van der Waals surface area contributed by atoms with Crippen molar-refractivity contribution in [2.75, 3.05) is 0 Å². The number of carbonyl (C=O) groups is 2. The monoisotopic (exact) mass is 499 g/mol. The maximum absolute atomic E-state index is 12.8. The zero-order valence-electron chi connectivity index (χ0n) is 20.1. The Bertz CT molecular complexity index is 1160. The third-order valence-electron chi connectivity index (χ3n) is 5.60. The number of carboxylic acids is 1. The number of hydrogen-bond acceptors (Lipinski definition) is 4. The first-order valence-corrected chi connectivity index (χ1v) is 11.7. The molecule has 5 nitrogen and oxygen atoms in total. The lowest BCUT2D eigenvalue weighted by Gasteiger charge is -2.22. The van der Waals surface area contributed by atoms with Gasteiger partial charge in [-0.2, -0.15) is 13.2 Å². The Morgan fingerprint density at radius 2 is 1.61 bits per heavy atom. The van der Waals surface area contributed by atoms with E-state index in [-0.39, 0.29) is 24.7 Å². The number of halogens is 3. The van der Waals surface area contributed by atoms with Crippen molar-refractivity contribution < 1.29 is 32.6 Å². The zero-order valence-corrected chi connectivity index (χ0v) is 20.1. The predicted molar refractivity (Wildman–Crippen MR) is 130 cm³/mol. The first kappa shape index (κ1) is 26.9. The van der Waals surface area contributed by atoms with E-state index < -0.39 is 17.7 Å². The molecule has 1 N–H and O–H groups in total. The quantitative estimate of drug-likeness (QED) is 0.279. The maximum atomic E-state index is 12.8. The van der Waals surface area contributed by atoms with E-state index in [4.69, 9.17) is 9.84 Å². The van der Waals surface area contributed by atoms with Crippen molar-refractivity contribution in [2.45, 2.75) is 51.8 Å². The fourth-order valence-corrected chi connectivity index (χ4v) is 3.71. The minimum Gasteiger partial charge on any atom is -0.486 e. The molecule has 0 amide bonds. The average molecular weight is 500 g/mol. The van der Waals surface area contributed by atoms with Crippen LogP contribution in [0.1, 0.15) is 67.1 Å². The normalized spacial score (nSPS) is 12.4. The van der Waals surface area contributed by atoms with Gasteiger partial charge < -0.3 is 9.84 Å². The summed E-state index contributed by atoms with van der Waals surface area (Å²) in [6, 6.07) is 16.5. The van der Waals surface area contributed by atoms with Gasteiger partial charge in [-0.25, -0.2) is 0 Å². The molecule has 8 heteroatoms. The molecule has 0 spiro atoms. The van der Waals surface area contributed by atoms with Crippen LogP contribution in [0, 0.1) is 5.92 Å². The summed E-state index contributed by atoms with van der Waals surface area (Å²) in [5.41, 5.74) is 1.73. The third-order valence-corrected chi connectivity index (χ3v) is 5.60. The van der Waals surface area contributed by atoms with Crippen LogP contribution < -0.4 is 4.74 Å². The van der Waals surface area contributed by atoms with Crippen LogP contribution in [0.15, 0.2) is 66.9 Å². The summed E-state index contributed by atoms with van der Waals surface area (Å²) in [5, 5.41) is 8.73. The highest BCUT2D eigenvalue weighted by molar-refractivity contribution is 5.96. The van der Waals surface area contributed by atoms with Crippen LogP contribution >= 0.6 is 0 Å². The van der Waals surface area contributed by atoms with Crippen LogP contribution in [0.4, 0.5) is 13.2 Å². The molecule has 3 rings (SSSR count). The number of carbonyl (C=O) groups excluding carboxylic acids is 1. The second-order valence-corrected chi connectivity index (χ2v) is 8.98. The number of ether oxygens (including phenoxy) is 1. The number of Topliss-reactive ketones (excluding diaryl/α,β-unsaturated/α-hetero) is 1. The van der Waals surface area contributed by atoms with E-state index in [2.05, 4.69) is 18.8 Å². The second kappa shape index (κ2) is 11.8. The number of aromatic nitrogens is 1. The fraction of sp³-hybridized carbons (Fsp3) is 0.321. The fourth-order valence-electron chi connectivity index (χ4n) is 3.71. The van der Waals surface area contributed by atoms with Crippen molar-refractivity contribution >= 4 is 11.8 Å². The Morgan fingerprint density at radius 1 is 0.944 bits per heavy atom. The van der Waals surface area contributed by atoms with Crippen LogP contribution in [0.2, 0.25) is 0 Å². The number of alkyl halides is 3. The molecule has 0 radical (unpaired) electrons. The minimum atomic E-state index is -4.43. The number of carboxylic acid groups (broad SMARTS) is 1. The van der Waals surface area contributed by atoms with Crippen LogP contribution in [-0.2, 0) is 11.0 Å². The molecule has 0 aliphatic rings. The van der Waals surface area contributed by atoms with Gasteiger partial charge >= 0.3 is 12.1 Å². The SMILES string of the molecule is CC(C)CC(Oc1ccc(-c2ccc(C(F)(F)F)cn2)cc1)c1ccc(C(=O)CCCC(=O)O)cc1. The van der Waals surface area contributed by atoms with Crippen molar-refractivity contribution in [2.24, 2.45) is 5.92 Å². The van der Waals surface area contributed by atoms with Gasteiger partial charge in [-0.15, -0.1) is 0 Å². The van der Waals surface area contributed by atoms with E-state index in [0.29, 0.717) is 34.9 Å². The van der Waals surface area contributed by atoms with Gasteiger partial charge in [-0.1, -0.05) is 38.1 Å². The summed E-state index contributed by atoms with van der Waals surface area (Å²) >= 11 is 0. The number of aliphatic carboxylic acids is 1. The summed E-state index contributed by atoms with van der Waals surface area (Å²) in [7, 11) is 0. The zero-order chi connectivity index (χ0) is 26.3. The Balaban J connectivity index is 1.70. The lowest BCUT2D eigenvalue weighted by molar-refractivity contribution is -0.138. The molecule has 0 aliphatic carbocycles. The molecule has 0 saturated carbocycles. The average Bonchev–Trinajstić information content (AvgIpc) is 2.83. The molecule has 1 unspecified atom stereocenters. The summed E-state index contributed by atoms with van der Waals surface area (Å²) < 4.78 is 44.6. The summed E-state index contributed by atoms with van der Waals surface area (Å²) in [6.45, 7) is 4.16. The van der Waals surface area contributed by atoms with E-state index in [1.807, 2.05) is 12.1 Å². The van der Waals surface area contributed by atoms with Crippen molar-refractivity contribution in [1.29, 1.82) is 0 Å². The molecule has 3 aromatic rings. The van der Waals surface area contributed by atoms with Crippen molar-refractivity contribution in [1.82, 2.24) is 4.98 Å². The van der Waals surface area contributed by atoms with Crippen LogP contribution in [0.25, 0.3) is 11.3 Å². The first-order valence-electron chi connectivity index (χ1n) is 11.7. The van der Waals surface area contributed by atoms with Crippen LogP contribution in [0.5, 0.6) is 5.75 Å². The van der Waals surface area contributed by atoms with E-state index in [0.717, 1.165) is 24.2 Å². The Labute approximate surface area is 208 Å². The molecular formula is C28H28F3NO4. The minimum absolute atomic E-state index is 0.0398. The van der Waals surface area contributed by atoms with Gasteiger partial charge in [0, 0.05) is 30.2 Å². The maximum Gasteiger partial charge on any atom is 0.417 e. The molecular weight excluding hydrogens is 471 g/mol. The van der Waals surface area contributed by atoms with Crippen LogP contribution in [-0.4, -0.2) is 21.8 Å². The highest BCUT2D eigenvalue weighted by atomic mass is 19.4. The van der Waals surface area contributed by atoms with Gasteiger partial charge in [-0.05, 0) is 60.7 Å². The van der Waals surface area contributed by atoms with Gasteiger partial charge in [0.15, 0.2) is 5.78 Å². The number of nitrogens with zero attached hydrogens (tertiary/aromatic N) is 1. The lowest BCUT2D eigenvalue weighted by Crippen LogP contribution is -2.11. The van der Waals surface area contributed by atoms with E-state index in [1.54, 1.807) is 36.4 Å². The highest BCUT2D eigenvalue weighted by Gasteiger charge is 2.30. The Hall–Kier alpha value is -3.68. The number of pyridine rings is 1. The molecule has 0 bridgehead atoms. The molecule has 36 heavy (non-hydrogen) atoms. The number of rotatable bonds is 11. The molecule has 0 fully saturated rings. The molecule has 1 aromatic heterocycles. The van der Waals surface area contributed by atoms with E-state index >= 15 is 0 Å². The number of benzene rings is 2. The number of hydrogen-bond donors (Lipinski definition) is 1. The topological polar surface area (TPSA) is 76.5 Å². The standard InChI is InChI=1S/C28H28F3NO4/c1-18(2)16-26(21-8-6-20(7-9-21)25(33)4-3-5-27(34)35)36-23-13-10-19(11-14-23)24-15-12-22(17-32-24)28(29,30)31/h6-15,17-18,26H,3-5,16H2,1-2H3,(H,34,35). The highest BCUT2D eigenvalue weighted by Crippen LogP contribution is 2.32. The number of ketones is 1. The summed E-state index contributed by atoms with van der Waals surface area (Å²) in [5.74, 6) is -0.0832. The molecule has 190 valence electrons. The van der Waals surface area contributed by atoms with Gasteiger partial charge in [0.05, 0.1) is 11.3 Å². The first-order chi connectivity index (χ1) is 17.0. The predicted octanol–water partition coefficient (Wildman–Crippen LogP) is 7.37. The largest absolute Gasteiger partial charge is 0.486 e.